The number of nitrogens with two attached hydrogens (primary N) is 1. The third-order valence-corrected chi connectivity index (χ3v) is 4.05. The fourth-order valence-electron chi connectivity index (χ4n) is 2.59. The summed E-state index contributed by atoms with van der Waals surface area (Å²) in [4.78, 5) is 16.5. The van der Waals surface area contributed by atoms with Gasteiger partial charge in [-0.15, -0.1) is 0 Å². The lowest BCUT2D eigenvalue weighted by molar-refractivity contribution is 0.0946. The third-order valence-electron chi connectivity index (χ3n) is 4.05. The molecule has 1 atom stereocenters. The van der Waals surface area contributed by atoms with Gasteiger partial charge in [-0.3, -0.25) is 4.79 Å². The molecule has 1 unspecified atom stereocenters. The van der Waals surface area contributed by atoms with Crippen molar-refractivity contribution in [2.45, 2.75) is 19.0 Å². The molecule has 1 heterocycles. The van der Waals surface area contributed by atoms with Crippen LogP contribution in [0.1, 0.15) is 33.5 Å². The van der Waals surface area contributed by atoms with Crippen LogP contribution in [0, 0.1) is 0 Å². The lowest BCUT2D eigenvalue weighted by Gasteiger charge is -2.07. The van der Waals surface area contributed by atoms with E-state index in [1.807, 2.05) is 24.3 Å². The molecule has 1 aromatic heterocycles. The van der Waals surface area contributed by atoms with Gasteiger partial charge in [0.15, 0.2) is 5.69 Å². The van der Waals surface area contributed by atoms with Gasteiger partial charge in [0.05, 0.1) is 13.2 Å². The van der Waals surface area contributed by atoms with Crippen LogP contribution in [0.15, 0.2) is 59.2 Å². The predicted molar refractivity (Wildman–Crippen MR) is 99.4 cm³/mol. The fraction of sp³-hybridized carbons (Fsp3) is 0.200. The Kier molecular flexibility index (Phi) is 5.73. The number of hydrogen-bond acceptors (Lipinski definition) is 6. The predicted octanol–water partition coefficient (Wildman–Crippen LogP) is 2.56. The SMILES string of the molecule is COc1cccc(CNC(=O)c2coc(C(N)Cc3ccc(O)cc3)n2)c1. The van der Waals surface area contributed by atoms with Crippen molar-refractivity contribution in [2.24, 2.45) is 5.73 Å². The Morgan fingerprint density at radius 1 is 1.26 bits per heavy atom. The number of carbonyl (C=O) groups is 1. The highest BCUT2D eigenvalue weighted by molar-refractivity contribution is 5.91. The smallest absolute Gasteiger partial charge is 0.273 e. The molecule has 4 N–H and O–H groups in total. The second-order valence-corrected chi connectivity index (χ2v) is 6.08. The first-order valence-electron chi connectivity index (χ1n) is 8.45. The molecule has 0 aliphatic rings. The number of nitrogens with one attached hydrogen (secondary N) is 1. The number of oxazole rings is 1. The highest BCUT2D eigenvalue weighted by Crippen LogP contribution is 2.18. The van der Waals surface area contributed by atoms with Gasteiger partial charge in [-0.05, 0) is 41.8 Å². The molecule has 3 aromatic rings. The Bertz CT molecular complexity index is 906. The summed E-state index contributed by atoms with van der Waals surface area (Å²) in [5.41, 5.74) is 8.13. The fourth-order valence-corrected chi connectivity index (χ4v) is 2.59. The minimum atomic E-state index is -0.491. The molecule has 2 aromatic carbocycles. The summed E-state index contributed by atoms with van der Waals surface area (Å²) in [6.45, 7) is 0.345. The van der Waals surface area contributed by atoms with Crippen LogP contribution in [-0.2, 0) is 13.0 Å². The van der Waals surface area contributed by atoms with E-state index in [1.165, 1.54) is 6.26 Å². The number of carbonyl (C=O) groups excluding carboxylic acids is 1. The highest BCUT2D eigenvalue weighted by atomic mass is 16.5. The molecule has 1 amide bonds. The zero-order valence-electron chi connectivity index (χ0n) is 14.9. The molecule has 3 rings (SSSR count). The van der Waals surface area contributed by atoms with Crippen LogP contribution in [0.2, 0.25) is 0 Å². The van der Waals surface area contributed by atoms with Crippen molar-refractivity contribution in [3.8, 4) is 11.5 Å². The van der Waals surface area contributed by atoms with E-state index in [2.05, 4.69) is 10.3 Å². The molecule has 7 heteroatoms. The number of amides is 1. The summed E-state index contributed by atoms with van der Waals surface area (Å²) in [7, 11) is 1.59. The van der Waals surface area contributed by atoms with Crippen LogP contribution in [0.25, 0.3) is 0 Å². The number of aromatic hydroxyl groups is 1. The van der Waals surface area contributed by atoms with E-state index in [0.29, 0.717) is 13.0 Å². The van der Waals surface area contributed by atoms with Gasteiger partial charge in [-0.1, -0.05) is 24.3 Å². The molecule has 0 radical (unpaired) electrons. The Labute approximate surface area is 156 Å². The van der Waals surface area contributed by atoms with Crippen LogP contribution in [0.3, 0.4) is 0 Å². The topological polar surface area (TPSA) is 111 Å². The molecule has 0 saturated heterocycles. The zero-order chi connectivity index (χ0) is 19.2. The monoisotopic (exact) mass is 367 g/mol. The summed E-state index contributed by atoms with van der Waals surface area (Å²) in [5, 5.41) is 12.1. The second kappa shape index (κ2) is 8.37. The number of phenols is 1. The number of ether oxygens (including phenoxy) is 1. The minimum absolute atomic E-state index is 0.175. The molecule has 0 fully saturated rings. The van der Waals surface area contributed by atoms with E-state index in [-0.39, 0.29) is 23.2 Å². The van der Waals surface area contributed by atoms with Gasteiger partial charge in [0.1, 0.15) is 17.8 Å². The van der Waals surface area contributed by atoms with Crippen molar-refractivity contribution in [3.05, 3.63) is 77.5 Å². The average molecular weight is 367 g/mol. The number of nitrogens with zero attached hydrogens (tertiary/aromatic N) is 1. The maximum absolute atomic E-state index is 12.3. The van der Waals surface area contributed by atoms with Crippen molar-refractivity contribution < 1.29 is 19.1 Å². The van der Waals surface area contributed by atoms with Crippen LogP contribution in [0.4, 0.5) is 0 Å². The van der Waals surface area contributed by atoms with Gasteiger partial charge < -0.3 is 25.3 Å². The van der Waals surface area contributed by atoms with Crippen molar-refractivity contribution in [1.29, 1.82) is 0 Å². The zero-order valence-corrected chi connectivity index (χ0v) is 14.9. The van der Waals surface area contributed by atoms with Gasteiger partial charge >= 0.3 is 0 Å². The molecule has 0 aliphatic carbocycles. The van der Waals surface area contributed by atoms with Crippen LogP contribution in [0.5, 0.6) is 11.5 Å². The molecule has 0 saturated carbocycles. The van der Waals surface area contributed by atoms with Crippen molar-refractivity contribution in [1.82, 2.24) is 10.3 Å². The van der Waals surface area contributed by atoms with E-state index in [0.717, 1.165) is 16.9 Å². The first-order valence-corrected chi connectivity index (χ1v) is 8.45. The van der Waals surface area contributed by atoms with E-state index in [4.69, 9.17) is 14.9 Å². The summed E-state index contributed by atoms with van der Waals surface area (Å²) < 4.78 is 10.5. The first-order chi connectivity index (χ1) is 13.0. The number of methoxy groups -OCH3 is 1. The van der Waals surface area contributed by atoms with Crippen molar-refractivity contribution >= 4 is 5.91 Å². The van der Waals surface area contributed by atoms with E-state index in [1.54, 1.807) is 31.4 Å². The first kappa shape index (κ1) is 18.5. The van der Waals surface area contributed by atoms with Gasteiger partial charge in [0.2, 0.25) is 5.89 Å². The molecular weight excluding hydrogens is 346 g/mol. The largest absolute Gasteiger partial charge is 0.508 e. The number of aromatic nitrogens is 1. The molecular formula is C20H21N3O4. The number of benzene rings is 2. The maximum Gasteiger partial charge on any atom is 0.273 e. The van der Waals surface area contributed by atoms with Crippen LogP contribution >= 0.6 is 0 Å². The molecule has 7 nitrogen and oxygen atoms in total. The standard InChI is InChI=1S/C20H21N3O4/c1-26-16-4-2-3-14(9-16)11-22-19(25)18-12-27-20(23-18)17(21)10-13-5-7-15(24)8-6-13/h2-9,12,17,24H,10-11,21H2,1H3,(H,22,25). The molecule has 0 aliphatic heterocycles. The van der Waals surface area contributed by atoms with Crippen molar-refractivity contribution in [3.63, 3.8) is 0 Å². The normalized spacial score (nSPS) is 11.8. The number of rotatable bonds is 7. The lowest BCUT2D eigenvalue weighted by atomic mass is 10.1. The Balaban J connectivity index is 1.58. The maximum atomic E-state index is 12.3. The molecule has 140 valence electrons. The van der Waals surface area contributed by atoms with Gasteiger partial charge in [-0.25, -0.2) is 4.98 Å². The second-order valence-electron chi connectivity index (χ2n) is 6.08. The number of phenolic OH excluding ortho intramolecular Hbond substituents is 1. The average Bonchev–Trinajstić information content (AvgIpc) is 3.18. The lowest BCUT2D eigenvalue weighted by Crippen LogP contribution is -2.23. The van der Waals surface area contributed by atoms with Gasteiger partial charge in [-0.2, -0.15) is 0 Å². The van der Waals surface area contributed by atoms with Gasteiger partial charge in [0.25, 0.3) is 5.91 Å². The molecule has 0 bridgehead atoms. The van der Waals surface area contributed by atoms with Gasteiger partial charge in [0, 0.05) is 6.54 Å². The highest BCUT2D eigenvalue weighted by Gasteiger charge is 2.17. The Morgan fingerprint density at radius 2 is 2.04 bits per heavy atom. The van der Waals surface area contributed by atoms with Crippen LogP contribution in [-0.4, -0.2) is 23.1 Å². The number of hydrogen-bond donors (Lipinski definition) is 3. The summed E-state index contributed by atoms with van der Waals surface area (Å²) >= 11 is 0. The van der Waals surface area contributed by atoms with Crippen LogP contribution < -0.4 is 15.8 Å². The molecule has 27 heavy (non-hydrogen) atoms. The molecule has 0 spiro atoms. The Hall–Kier alpha value is -3.32. The Morgan fingerprint density at radius 3 is 2.78 bits per heavy atom. The third kappa shape index (κ3) is 4.86. The van der Waals surface area contributed by atoms with E-state index in [9.17, 15) is 9.90 Å². The summed E-state index contributed by atoms with van der Waals surface area (Å²) in [5.74, 6) is 0.864. The van der Waals surface area contributed by atoms with E-state index < -0.39 is 6.04 Å². The minimum Gasteiger partial charge on any atom is -0.508 e. The summed E-state index contributed by atoms with van der Waals surface area (Å²) in [6, 6.07) is 13.7. The quantitative estimate of drug-likeness (QED) is 0.592. The summed E-state index contributed by atoms with van der Waals surface area (Å²) in [6.07, 6.45) is 1.78. The van der Waals surface area contributed by atoms with Crippen molar-refractivity contribution in [2.75, 3.05) is 7.11 Å². The van der Waals surface area contributed by atoms with E-state index >= 15 is 0 Å².